The SMILES string of the molecule is C[C@H](O)c1ccc(Oc2ccc(I)cc2)cc1Br. The third kappa shape index (κ3) is 3.46. The molecule has 2 nitrogen and oxygen atoms in total. The second kappa shape index (κ2) is 6.04. The van der Waals surface area contributed by atoms with Crippen LogP contribution in [0.4, 0.5) is 0 Å². The molecule has 1 atom stereocenters. The van der Waals surface area contributed by atoms with Crippen LogP contribution in [0.15, 0.2) is 46.9 Å². The molecule has 0 spiro atoms. The normalized spacial score (nSPS) is 12.2. The summed E-state index contributed by atoms with van der Waals surface area (Å²) in [4.78, 5) is 0. The molecule has 0 unspecified atom stereocenters. The fourth-order valence-electron chi connectivity index (χ4n) is 1.55. The van der Waals surface area contributed by atoms with Crippen LogP contribution in [0.1, 0.15) is 18.6 Å². The van der Waals surface area contributed by atoms with Gasteiger partial charge in [-0.25, -0.2) is 0 Å². The van der Waals surface area contributed by atoms with Gasteiger partial charge in [0.1, 0.15) is 11.5 Å². The van der Waals surface area contributed by atoms with Gasteiger partial charge >= 0.3 is 0 Å². The zero-order valence-electron chi connectivity index (χ0n) is 9.73. The topological polar surface area (TPSA) is 29.5 Å². The fourth-order valence-corrected chi connectivity index (χ4v) is 2.60. The lowest BCUT2D eigenvalue weighted by molar-refractivity contribution is 0.198. The largest absolute Gasteiger partial charge is 0.457 e. The maximum Gasteiger partial charge on any atom is 0.128 e. The van der Waals surface area contributed by atoms with Crippen molar-refractivity contribution < 1.29 is 9.84 Å². The number of benzene rings is 2. The van der Waals surface area contributed by atoms with Crippen LogP contribution in [0.25, 0.3) is 0 Å². The molecule has 0 fully saturated rings. The molecule has 18 heavy (non-hydrogen) atoms. The first-order valence-electron chi connectivity index (χ1n) is 5.47. The molecule has 0 saturated carbocycles. The van der Waals surface area contributed by atoms with Gasteiger partial charge in [0.05, 0.1) is 6.10 Å². The number of hydrogen-bond acceptors (Lipinski definition) is 2. The fraction of sp³-hybridized carbons (Fsp3) is 0.143. The molecule has 94 valence electrons. The van der Waals surface area contributed by atoms with E-state index in [-0.39, 0.29) is 0 Å². The Hall–Kier alpha value is -0.590. The quantitative estimate of drug-likeness (QED) is 0.718. The monoisotopic (exact) mass is 418 g/mol. The standard InChI is InChI=1S/C14H12BrIO2/c1-9(17)13-7-6-12(8-14(13)15)18-11-4-2-10(16)3-5-11/h2-9,17H,1H3/t9-/m0/s1. The molecular weight excluding hydrogens is 407 g/mol. The van der Waals surface area contributed by atoms with Crippen LogP contribution in [0, 0.1) is 3.57 Å². The van der Waals surface area contributed by atoms with Crippen molar-refractivity contribution in [1.82, 2.24) is 0 Å². The molecule has 2 rings (SSSR count). The zero-order chi connectivity index (χ0) is 13.1. The summed E-state index contributed by atoms with van der Waals surface area (Å²) < 4.78 is 7.75. The van der Waals surface area contributed by atoms with E-state index in [1.807, 2.05) is 42.5 Å². The Morgan fingerprint density at radius 3 is 2.28 bits per heavy atom. The van der Waals surface area contributed by atoms with Crippen LogP contribution in [-0.2, 0) is 0 Å². The van der Waals surface area contributed by atoms with Crippen molar-refractivity contribution in [1.29, 1.82) is 0 Å². The van der Waals surface area contributed by atoms with Gasteiger partial charge in [-0.1, -0.05) is 22.0 Å². The lowest BCUT2D eigenvalue weighted by atomic mass is 10.1. The van der Waals surface area contributed by atoms with Crippen molar-refractivity contribution in [3.63, 3.8) is 0 Å². The molecule has 0 amide bonds. The highest BCUT2D eigenvalue weighted by molar-refractivity contribution is 14.1. The van der Waals surface area contributed by atoms with Gasteiger partial charge in [0, 0.05) is 8.04 Å². The predicted molar refractivity (Wildman–Crippen MR) is 84.0 cm³/mol. The van der Waals surface area contributed by atoms with E-state index in [0.717, 1.165) is 21.5 Å². The first kappa shape index (κ1) is 13.8. The van der Waals surface area contributed by atoms with Crippen molar-refractivity contribution in [2.24, 2.45) is 0 Å². The number of rotatable bonds is 3. The Kier molecular flexibility index (Phi) is 4.64. The Labute approximate surface area is 128 Å². The lowest BCUT2D eigenvalue weighted by Crippen LogP contribution is -1.93. The maximum atomic E-state index is 9.54. The molecule has 1 N–H and O–H groups in total. The summed E-state index contributed by atoms with van der Waals surface area (Å²) in [6, 6.07) is 13.4. The van der Waals surface area contributed by atoms with Crippen molar-refractivity contribution in [3.05, 3.63) is 56.1 Å². The van der Waals surface area contributed by atoms with Crippen LogP contribution in [0.5, 0.6) is 11.5 Å². The van der Waals surface area contributed by atoms with Gasteiger partial charge in [0.2, 0.25) is 0 Å². The van der Waals surface area contributed by atoms with E-state index >= 15 is 0 Å². The predicted octanol–water partition coefficient (Wildman–Crippen LogP) is 4.90. The molecule has 0 aromatic heterocycles. The molecule has 0 aliphatic carbocycles. The molecule has 0 aliphatic rings. The minimum absolute atomic E-state index is 0.494. The second-order valence-electron chi connectivity index (χ2n) is 3.92. The number of aliphatic hydroxyl groups is 1. The van der Waals surface area contributed by atoms with Crippen LogP contribution in [-0.4, -0.2) is 5.11 Å². The van der Waals surface area contributed by atoms with E-state index in [9.17, 15) is 5.11 Å². The van der Waals surface area contributed by atoms with Crippen molar-refractivity contribution in [3.8, 4) is 11.5 Å². The number of aliphatic hydroxyl groups excluding tert-OH is 1. The van der Waals surface area contributed by atoms with Gasteiger partial charge in [-0.3, -0.25) is 0 Å². The molecule has 0 radical (unpaired) electrons. The van der Waals surface area contributed by atoms with Crippen LogP contribution in [0.3, 0.4) is 0 Å². The summed E-state index contributed by atoms with van der Waals surface area (Å²) in [5, 5.41) is 9.54. The summed E-state index contributed by atoms with van der Waals surface area (Å²) >= 11 is 5.68. The van der Waals surface area contributed by atoms with Gasteiger partial charge in [-0.05, 0) is 71.5 Å². The number of ether oxygens (including phenoxy) is 1. The third-order valence-corrected chi connectivity index (χ3v) is 3.88. The Balaban J connectivity index is 2.20. The maximum absolute atomic E-state index is 9.54. The number of halogens is 2. The molecule has 4 heteroatoms. The van der Waals surface area contributed by atoms with Crippen LogP contribution >= 0.6 is 38.5 Å². The molecule has 2 aromatic rings. The number of hydrogen-bond donors (Lipinski definition) is 1. The highest BCUT2D eigenvalue weighted by Crippen LogP contribution is 2.30. The third-order valence-electron chi connectivity index (χ3n) is 2.47. The zero-order valence-corrected chi connectivity index (χ0v) is 13.5. The average Bonchev–Trinajstić information content (AvgIpc) is 2.32. The molecule has 0 saturated heterocycles. The Morgan fingerprint density at radius 1 is 1.11 bits per heavy atom. The van der Waals surface area contributed by atoms with E-state index in [4.69, 9.17) is 4.74 Å². The van der Waals surface area contributed by atoms with E-state index in [1.165, 1.54) is 3.57 Å². The average molecular weight is 419 g/mol. The molecule has 0 bridgehead atoms. The lowest BCUT2D eigenvalue weighted by Gasteiger charge is -2.10. The minimum Gasteiger partial charge on any atom is -0.457 e. The summed E-state index contributed by atoms with van der Waals surface area (Å²) in [5.41, 5.74) is 0.852. The van der Waals surface area contributed by atoms with Crippen LogP contribution < -0.4 is 4.74 Å². The van der Waals surface area contributed by atoms with Gasteiger partial charge in [0.15, 0.2) is 0 Å². The van der Waals surface area contributed by atoms with Crippen molar-refractivity contribution in [2.45, 2.75) is 13.0 Å². The summed E-state index contributed by atoms with van der Waals surface area (Å²) in [7, 11) is 0. The summed E-state index contributed by atoms with van der Waals surface area (Å²) in [6.07, 6.45) is -0.494. The highest BCUT2D eigenvalue weighted by Gasteiger charge is 2.07. The highest BCUT2D eigenvalue weighted by atomic mass is 127. The second-order valence-corrected chi connectivity index (χ2v) is 6.02. The molecule has 0 aliphatic heterocycles. The van der Waals surface area contributed by atoms with E-state index in [0.29, 0.717) is 0 Å². The first-order valence-corrected chi connectivity index (χ1v) is 7.34. The minimum atomic E-state index is -0.494. The van der Waals surface area contributed by atoms with E-state index < -0.39 is 6.10 Å². The Morgan fingerprint density at radius 2 is 1.72 bits per heavy atom. The summed E-state index contributed by atoms with van der Waals surface area (Å²) in [5.74, 6) is 1.54. The smallest absolute Gasteiger partial charge is 0.128 e. The van der Waals surface area contributed by atoms with E-state index in [1.54, 1.807) is 6.92 Å². The summed E-state index contributed by atoms with van der Waals surface area (Å²) in [6.45, 7) is 1.74. The molecule has 2 aromatic carbocycles. The van der Waals surface area contributed by atoms with Gasteiger partial charge in [0.25, 0.3) is 0 Å². The van der Waals surface area contributed by atoms with Crippen LogP contribution in [0.2, 0.25) is 0 Å². The van der Waals surface area contributed by atoms with E-state index in [2.05, 4.69) is 38.5 Å². The molecular formula is C14H12BrIO2. The first-order chi connectivity index (χ1) is 8.56. The molecule has 0 heterocycles. The van der Waals surface area contributed by atoms with Crippen molar-refractivity contribution in [2.75, 3.05) is 0 Å². The van der Waals surface area contributed by atoms with Gasteiger partial charge in [-0.15, -0.1) is 0 Å². The Bertz CT molecular complexity index is 538. The van der Waals surface area contributed by atoms with Gasteiger partial charge in [-0.2, -0.15) is 0 Å². The van der Waals surface area contributed by atoms with Crippen molar-refractivity contribution >= 4 is 38.5 Å². The van der Waals surface area contributed by atoms with Gasteiger partial charge < -0.3 is 9.84 Å².